The Hall–Kier alpha value is -1.33. The number of halogens is 1. The number of rotatable bonds is 3. The van der Waals surface area contributed by atoms with Gasteiger partial charge in [-0.3, -0.25) is 9.78 Å². The van der Waals surface area contributed by atoms with Crippen LogP contribution in [0.15, 0.2) is 18.5 Å². The predicted octanol–water partition coefficient (Wildman–Crippen LogP) is 1.98. The Balaban J connectivity index is 1.56. The summed E-state index contributed by atoms with van der Waals surface area (Å²) in [4.78, 5) is 17.5. The van der Waals surface area contributed by atoms with E-state index in [0.717, 1.165) is 44.5 Å². The van der Waals surface area contributed by atoms with Crippen LogP contribution in [0, 0.1) is 5.92 Å². The molecule has 1 amide bonds. The molecule has 21 heavy (non-hydrogen) atoms. The van der Waals surface area contributed by atoms with Gasteiger partial charge in [0.25, 0.3) is 0 Å². The van der Waals surface area contributed by atoms with Gasteiger partial charge < -0.3 is 15.4 Å². The minimum absolute atomic E-state index is 0.178. The Morgan fingerprint density at radius 2 is 2.10 bits per heavy atom. The molecule has 0 spiro atoms. The molecule has 2 fully saturated rings. The van der Waals surface area contributed by atoms with E-state index in [0.29, 0.717) is 10.9 Å². The first-order valence-corrected chi connectivity index (χ1v) is 7.82. The monoisotopic (exact) mass is 309 g/mol. The first-order valence-electron chi connectivity index (χ1n) is 7.44. The Kier molecular flexibility index (Phi) is 4.31. The maximum absolute atomic E-state index is 11.2. The van der Waals surface area contributed by atoms with Crippen LogP contribution in [0.2, 0.25) is 5.02 Å². The van der Waals surface area contributed by atoms with Crippen LogP contribution in [-0.4, -0.2) is 36.2 Å². The Bertz CT molecular complexity index is 517. The van der Waals surface area contributed by atoms with E-state index >= 15 is 0 Å². The zero-order valence-electron chi connectivity index (χ0n) is 11.9. The first kappa shape index (κ1) is 14.6. The second-order valence-corrected chi connectivity index (χ2v) is 6.20. The number of amides is 1. The van der Waals surface area contributed by atoms with Crippen molar-refractivity contribution in [2.45, 2.75) is 37.9 Å². The number of anilines is 1. The molecule has 2 saturated heterocycles. The summed E-state index contributed by atoms with van der Waals surface area (Å²) in [5.41, 5.74) is 6.36. The lowest BCUT2D eigenvalue weighted by Gasteiger charge is -2.36. The van der Waals surface area contributed by atoms with Gasteiger partial charge >= 0.3 is 0 Å². The van der Waals surface area contributed by atoms with E-state index in [1.165, 1.54) is 0 Å². The van der Waals surface area contributed by atoms with Gasteiger partial charge in [0, 0.05) is 25.5 Å². The van der Waals surface area contributed by atoms with Crippen LogP contribution >= 0.6 is 11.6 Å². The van der Waals surface area contributed by atoms with Crippen molar-refractivity contribution in [1.82, 2.24) is 4.98 Å². The summed E-state index contributed by atoms with van der Waals surface area (Å²) in [7, 11) is 0. The van der Waals surface area contributed by atoms with Crippen LogP contribution in [0.25, 0.3) is 0 Å². The minimum Gasteiger partial charge on any atom is -0.370 e. The molecule has 0 unspecified atom stereocenters. The molecule has 3 rings (SSSR count). The number of primary amides is 1. The molecule has 0 saturated carbocycles. The summed E-state index contributed by atoms with van der Waals surface area (Å²) >= 11 is 6.19. The van der Waals surface area contributed by atoms with Crippen LogP contribution in [0.3, 0.4) is 0 Å². The van der Waals surface area contributed by atoms with E-state index in [9.17, 15) is 4.79 Å². The van der Waals surface area contributed by atoms with Crippen molar-refractivity contribution in [1.29, 1.82) is 0 Å². The summed E-state index contributed by atoms with van der Waals surface area (Å²) in [5, 5.41) is 0.696. The van der Waals surface area contributed by atoms with Gasteiger partial charge in [0.05, 0.1) is 16.8 Å². The fourth-order valence-corrected chi connectivity index (χ4v) is 3.59. The predicted molar refractivity (Wildman–Crippen MR) is 81.3 cm³/mol. The molecule has 3 heterocycles. The lowest BCUT2D eigenvalue weighted by molar-refractivity contribution is -0.130. The molecular formula is C15H20ClN3O2. The molecule has 0 aromatic carbocycles. The quantitative estimate of drug-likeness (QED) is 0.927. The van der Waals surface area contributed by atoms with E-state index in [2.05, 4.69) is 9.88 Å². The van der Waals surface area contributed by atoms with Gasteiger partial charge in [0.15, 0.2) is 0 Å². The highest BCUT2D eigenvalue weighted by molar-refractivity contribution is 6.33. The molecule has 1 aromatic rings. The van der Waals surface area contributed by atoms with Crippen molar-refractivity contribution in [2.75, 3.05) is 18.0 Å². The highest BCUT2D eigenvalue weighted by Crippen LogP contribution is 2.34. The highest BCUT2D eigenvalue weighted by atomic mass is 35.5. The molecule has 1 aromatic heterocycles. The number of carbonyl (C=O) groups excluding carboxylic acids is 1. The zero-order chi connectivity index (χ0) is 14.8. The van der Waals surface area contributed by atoms with Gasteiger partial charge in [-0.1, -0.05) is 11.6 Å². The number of piperidine rings is 1. The third-order valence-corrected chi connectivity index (χ3v) is 4.82. The smallest absolute Gasteiger partial charge is 0.246 e. The molecule has 2 N–H and O–H groups in total. The number of hydrogen-bond acceptors (Lipinski definition) is 4. The fraction of sp³-hybridized carbons (Fsp3) is 0.600. The van der Waals surface area contributed by atoms with Crippen LogP contribution in [0.1, 0.15) is 25.7 Å². The van der Waals surface area contributed by atoms with Crippen LogP contribution in [0.5, 0.6) is 0 Å². The fourth-order valence-electron chi connectivity index (χ4n) is 3.36. The molecule has 6 heteroatoms. The summed E-state index contributed by atoms with van der Waals surface area (Å²) < 4.78 is 5.80. The van der Waals surface area contributed by atoms with E-state index in [-0.39, 0.29) is 18.1 Å². The zero-order valence-corrected chi connectivity index (χ0v) is 12.6. The molecule has 0 radical (unpaired) electrons. The summed E-state index contributed by atoms with van der Waals surface area (Å²) in [6, 6.07) is 1.96. The number of carbonyl (C=O) groups is 1. The van der Waals surface area contributed by atoms with Gasteiger partial charge in [-0.25, -0.2) is 0 Å². The van der Waals surface area contributed by atoms with E-state index < -0.39 is 0 Å². The van der Waals surface area contributed by atoms with Gasteiger partial charge in [0.1, 0.15) is 6.10 Å². The number of ether oxygens (including phenoxy) is 1. The maximum Gasteiger partial charge on any atom is 0.246 e. The van der Waals surface area contributed by atoms with Crippen LogP contribution < -0.4 is 10.6 Å². The second-order valence-electron chi connectivity index (χ2n) is 5.79. The summed E-state index contributed by atoms with van der Waals surface area (Å²) in [6.45, 7) is 1.91. The lowest BCUT2D eigenvalue weighted by Crippen LogP contribution is -2.38. The second kappa shape index (κ2) is 6.20. The van der Waals surface area contributed by atoms with Gasteiger partial charge in [-0.2, -0.15) is 0 Å². The summed E-state index contributed by atoms with van der Waals surface area (Å²) in [5.74, 6) is 0.171. The lowest BCUT2D eigenvalue weighted by atomic mass is 9.89. The van der Waals surface area contributed by atoms with Crippen LogP contribution in [0.4, 0.5) is 5.69 Å². The normalized spacial score (nSPS) is 27.0. The first-order chi connectivity index (χ1) is 10.1. The van der Waals surface area contributed by atoms with Gasteiger partial charge in [0.2, 0.25) is 5.91 Å². The van der Waals surface area contributed by atoms with Crippen molar-refractivity contribution < 1.29 is 9.53 Å². The van der Waals surface area contributed by atoms with Gasteiger partial charge in [-0.05, 0) is 37.7 Å². The number of aromatic nitrogens is 1. The number of hydrogen-bond donors (Lipinski definition) is 1. The molecule has 0 bridgehead atoms. The van der Waals surface area contributed by atoms with Crippen molar-refractivity contribution in [2.24, 2.45) is 11.7 Å². The van der Waals surface area contributed by atoms with Crippen molar-refractivity contribution >= 4 is 23.2 Å². The van der Waals surface area contributed by atoms with E-state index in [1.807, 2.05) is 6.07 Å². The highest BCUT2D eigenvalue weighted by Gasteiger charge is 2.35. The molecule has 2 atom stereocenters. The molecule has 5 nitrogen and oxygen atoms in total. The van der Waals surface area contributed by atoms with Crippen molar-refractivity contribution in [3.63, 3.8) is 0 Å². The molecule has 2 aliphatic rings. The number of pyridine rings is 1. The Labute approximate surface area is 129 Å². The molecule has 114 valence electrons. The van der Waals surface area contributed by atoms with E-state index in [4.69, 9.17) is 22.1 Å². The average molecular weight is 310 g/mol. The Morgan fingerprint density at radius 3 is 2.71 bits per heavy atom. The SMILES string of the molecule is NC(=O)[C@H]1CC[C@@H](C2CCN(c3ccncc3Cl)CC2)O1. The Morgan fingerprint density at radius 1 is 1.33 bits per heavy atom. The van der Waals surface area contributed by atoms with Crippen LogP contribution in [-0.2, 0) is 9.53 Å². The molecule has 2 aliphatic heterocycles. The molecular weight excluding hydrogens is 290 g/mol. The third-order valence-electron chi connectivity index (χ3n) is 4.53. The van der Waals surface area contributed by atoms with Gasteiger partial charge in [-0.15, -0.1) is 0 Å². The maximum atomic E-state index is 11.2. The summed E-state index contributed by atoms with van der Waals surface area (Å²) in [6.07, 6.45) is 7.04. The standard InChI is InChI=1S/C15H20ClN3O2/c16-11-9-18-6-3-12(11)19-7-4-10(5-8-19)13-1-2-14(21-13)15(17)20/h3,6,9-10,13-14H,1-2,4-5,7-8H2,(H2,17,20)/t13-,14+/m0/s1. The number of nitrogens with zero attached hydrogens (tertiary/aromatic N) is 2. The van der Waals surface area contributed by atoms with Crippen molar-refractivity contribution in [3.8, 4) is 0 Å². The minimum atomic E-state index is -0.386. The number of nitrogens with two attached hydrogens (primary N) is 1. The van der Waals surface area contributed by atoms with Crippen molar-refractivity contribution in [3.05, 3.63) is 23.5 Å². The third kappa shape index (κ3) is 3.14. The molecule has 0 aliphatic carbocycles. The largest absolute Gasteiger partial charge is 0.370 e. The topological polar surface area (TPSA) is 68.5 Å². The van der Waals surface area contributed by atoms with E-state index in [1.54, 1.807) is 12.4 Å². The average Bonchev–Trinajstić information content (AvgIpc) is 2.98.